The van der Waals surface area contributed by atoms with E-state index in [1.54, 1.807) is 0 Å². The Labute approximate surface area is 132 Å². The fraction of sp³-hybridized carbons (Fsp3) is 0.300. The minimum Gasteiger partial charge on any atom is -0.490 e. The van der Waals surface area contributed by atoms with Crippen LogP contribution in [0, 0.1) is 13.8 Å². The minimum atomic E-state index is 0.328. The fourth-order valence-corrected chi connectivity index (χ4v) is 2.82. The molecule has 0 bridgehead atoms. The molecule has 2 heteroatoms. The Hall–Kier alpha value is -2.22. The van der Waals surface area contributed by atoms with Gasteiger partial charge in [0.25, 0.3) is 0 Å². The number of hydrogen-bond donors (Lipinski definition) is 1. The summed E-state index contributed by atoms with van der Waals surface area (Å²) in [6.07, 6.45) is 4.33. The van der Waals surface area contributed by atoms with E-state index < -0.39 is 0 Å². The number of ether oxygens (including phenoxy) is 1. The highest BCUT2D eigenvalue weighted by molar-refractivity contribution is 5.58. The molecule has 0 aliphatic heterocycles. The molecule has 1 N–H and O–H groups in total. The van der Waals surface area contributed by atoms with Crippen LogP contribution in [-0.2, 0) is 0 Å². The van der Waals surface area contributed by atoms with Gasteiger partial charge in [0.05, 0.1) is 0 Å². The van der Waals surface area contributed by atoms with Crippen molar-refractivity contribution in [2.75, 3.05) is 5.32 Å². The summed E-state index contributed by atoms with van der Waals surface area (Å²) in [6, 6.07) is 15.2. The molecule has 22 heavy (non-hydrogen) atoms. The molecule has 2 nitrogen and oxygen atoms in total. The van der Waals surface area contributed by atoms with Crippen LogP contribution >= 0.6 is 0 Å². The molecule has 0 amide bonds. The lowest BCUT2D eigenvalue weighted by Crippen LogP contribution is -2.42. The molecule has 0 spiro atoms. The van der Waals surface area contributed by atoms with E-state index >= 15 is 0 Å². The zero-order chi connectivity index (χ0) is 15.5. The standard InChI is InChI=1S/C20H23NO/c1-4-16-7-8-17(11-15(16)3)21-18-12-20(13-18)22-19-9-5-14(2)6-10-19/h4-11,18,20-21H,1,12-13H2,2-3H3. The van der Waals surface area contributed by atoms with E-state index in [-0.39, 0.29) is 0 Å². The van der Waals surface area contributed by atoms with Crippen LogP contribution in [0.5, 0.6) is 5.75 Å². The maximum atomic E-state index is 5.98. The van der Waals surface area contributed by atoms with Crippen molar-refractivity contribution >= 4 is 11.8 Å². The van der Waals surface area contributed by atoms with Crippen molar-refractivity contribution in [3.05, 3.63) is 65.7 Å². The third kappa shape index (κ3) is 3.33. The molecular formula is C20H23NO. The average molecular weight is 293 g/mol. The number of benzene rings is 2. The summed E-state index contributed by atoms with van der Waals surface area (Å²) in [4.78, 5) is 0. The van der Waals surface area contributed by atoms with E-state index in [0.717, 1.165) is 18.6 Å². The Bertz CT molecular complexity index is 654. The molecule has 1 saturated carbocycles. The predicted molar refractivity (Wildman–Crippen MR) is 93.5 cm³/mol. The van der Waals surface area contributed by atoms with E-state index in [9.17, 15) is 0 Å². The lowest BCUT2D eigenvalue weighted by Gasteiger charge is -2.36. The molecule has 114 valence electrons. The third-order valence-electron chi connectivity index (χ3n) is 4.28. The molecular weight excluding hydrogens is 270 g/mol. The average Bonchev–Trinajstić information content (AvgIpc) is 2.47. The summed E-state index contributed by atoms with van der Waals surface area (Å²) in [5.41, 5.74) is 4.90. The maximum Gasteiger partial charge on any atom is 0.119 e. The van der Waals surface area contributed by atoms with Gasteiger partial charge in [-0.05, 0) is 49.2 Å². The minimum absolute atomic E-state index is 0.328. The summed E-state index contributed by atoms with van der Waals surface area (Å²) in [5.74, 6) is 0.972. The molecule has 2 aromatic carbocycles. The van der Waals surface area contributed by atoms with Crippen molar-refractivity contribution in [2.24, 2.45) is 0 Å². The van der Waals surface area contributed by atoms with Crippen LogP contribution < -0.4 is 10.1 Å². The van der Waals surface area contributed by atoms with Gasteiger partial charge >= 0.3 is 0 Å². The number of anilines is 1. The van der Waals surface area contributed by atoms with Crippen LogP contribution in [0.2, 0.25) is 0 Å². The molecule has 2 aromatic rings. The normalized spacial score (nSPS) is 20.1. The summed E-state index contributed by atoms with van der Waals surface area (Å²) in [7, 11) is 0. The van der Waals surface area contributed by atoms with E-state index in [4.69, 9.17) is 4.74 Å². The Morgan fingerprint density at radius 2 is 1.82 bits per heavy atom. The maximum absolute atomic E-state index is 5.98. The molecule has 1 aliphatic rings. The topological polar surface area (TPSA) is 21.3 Å². The molecule has 0 unspecified atom stereocenters. The number of hydrogen-bond acceptors (Lipinski definition) is 2. The summed E-state index contributed by atoms with van der Waals surface area (Å²) >= 11 is 0. The Morgan fingerprint density at radius 3 is 2.45 bits per heavy atom. The Morgan fingerprint density at radius 1 is 1.09 bits per heavy atom. The van der Waals surface area contributed by atoms with Gasteiger partial charge in [-0.25, -0.2) is 0 Å². The van der Waals surface area contributed by atoms with E-state index in [1.165, 1.54) is 22.4 Å². The molecule has 0 radical (unpaired) electrons. The van der Waals surface area contributed by atoms with Crippen molar-refractivity contribution < 1.29 is 4.74 Å². The van der Waals surface area contributed by atoms with E-state index in [2.05, 4.69) is 56.1 Å². The molecule has 0 heterocycles. The Balaban J connectivity index is 1.50. The molecule has 1 fully saturated rings. The first-order valence-corrected chi connectivity index (χ1v) is 7.87. The van der Waals surface area contributed by atoms with Crippen LogP contribution in [0.3, 0.4) is 0 Å². The van der Waals surface area contributed by atoms with Crippen molar-refractivity contribution in [1.29, 1.82) is 0 Å². The van der Waals surface area contributed by atoms with Gasteiger partial charge in [-0.15, -0.1) is 0 Å². The van der Waals surface area contributed by atoms with Gasteiger partial charge in [-0.2, -0.15) is 0 Å². The second-order valence-electron chi connectivity index (χ2n) is 6.14. The largest absolute Gasteiger partial charge is 0.490 e. The zero-order valence-electron chi connectivity index (χ0n) is 13.3. The van der Waals surface area contributed by atoms with Crippen LogP contribution in [0.25, 0.3) is 6.08 Å². The van der Waals surface area contributed by atoms with Crippen LogP contribution in [-0.4, -0.2) is 12.1 Å². The van der Waals surface area contributed by atoms with Gasteiger partial charge in [0.15, 0.2) is 0 Å². The first-order chi connectivity index (χ1) is 10.6. The highest BCUT2D eigenvalue weighted by Gasteiger charge is 2.30. The van der Waals surface area contributed by atoms with Crippen molar-refractivity contribution in [2.45, 2.75) is 38.8 Å². The summed E-state index contributed by atoms with van der Waals surface area (Å²) < 4.78 is 5.98. The van der Waals surface area contributed by atoms with Crippen molar-refractivity contribution in [1.82, 2.24) is 0 Å². The van der Waals surface area contributed by atoms with Gasteiger partial charge < -0.3 is 10.1 Å². The van der Waals surface area contributed by atoms with Crippen molar-refractivity contribution in [3.8, 4) is 5.75 Å². The summed E-state index contributed by atoms with van der Waals surface area (Å²) in [6.45, 7) is 8.04. The van der Waals surface area contributed by atoms with Gasteiger partial charge in [0, 0.05) is 24.6 Å². The smallest absolute Gasteiger partial charge is 0.119 e. The molecule has 0 aromatic heterocycles. The van der Waals surface area contributed by atoms with E-state index in [1.807, 2.05) is 18.2 Å². The van der Waals surface area contributed by atoms with E-state index in [0.29, 0.717) is 12.1 Å². The van der Waals surface area contributed by atoms with Crippen LogP contribution in [0.15, 0.2) is 49.0 Å². The molecule has 1 aliphatic carbocycles. The number of aryl methyl sites for hydroxylation is 2. The molecule has 0 saturated heterocycles. The highest BCUT2D eigenvalue weighted by Crippen LogP contribution is 2.29. The third-order valence-corrected chi connectivity index (χ3v) is 4.28. The first kappa shape index (κ1) is 14.7. The van der Waals surface area contributed by atoms with Gasteiger partial charge in [0.2, 0.25) is 0 Å². The van der Waals surface area contributed by atoms with Gasteiger partial charge in [-0.1, -0.05) is 36.4 Å². The second-order valence-corrected chi connectivity index (χ2v) is 6.14. The monoisotopic (exact) mass is 293 g/mol. The van der Waals surface area contributed by atoms with Crippen molar-refractivity contribution in [3.63, 3.8) is 0 Å². The lowest BCUT2D eigenvalue weighted by molar-refractivity contribution is 0.108. The number of rotatable bonds is 5. The molecule has 3 rings (SSSR count). The highest BCUT2D eigenvalue weighted by atomic mass is 16.5. The SMILES string of the molecule is C=Cc1ccc(NC2CC(Oc3ccc(C)cc3)C2)cc1C. The fourth-order valence-electron chi connectivity index (χ4n) is 2.82. The van der Waals surface area contributed by atoms with Gasteiger partial charge in [0.1, 0.15) is 11.9 Å². The van der Waals surface area contributed by atoms with Gasteiger partial charge in [-0.3, -0.25) is 0 Å². The Kier molecular flexibility index (Phi) is 4.19. The molecule has 0 atom stereocenters. The van der Waals surface area contributed by atoms with Crippen LogP contribution in [0.4, 0.5) is 5.69 Å². The second kappa shape index (κ2) is 6.27. The van der Waals surface area contributed by atoms with Crippen LogP contribution in [0.1, 0.15) is 29.5 Å². The first-order valence-electron chi connectivity index (χ1n) is 7.87. The number of nitrogens with one attached hydrogen (secondary N) is 1. The zero-order valence-corrected chi connectivity index (χ0v) is 13.3. The summed E-state index contributed by atoms with van der Waals surface area (Å²) in [5, 5.41) is 3.58. The predicted octanol–water partition coefficient (Wildman–Crippen LogP) is 4.97. The quantitative estimate of drug-likeness (QED) is 0.840. The lowest BCUT2D eigenvalue weighted by atomic mass is 9.89.